The summed E-state index contributed by atoms with van der Waals surface area (Å²) < 4.78 is 26.5. The number of aryl methyl sites for hydroxylation is 1. The Morgan fingerprint density at radius 3 is 2.17 bits per heavy atom. The summed E-state index contributed by atoms with van der Waals surface area (Å²) in [6.45, 7) is 7.55. The molecule has 1 unspecified atom stereocenters. The number of carbonyl (C=O) groups is 2. The number of carbonyl (C=O) groups excluding carboxylic acids is 1. The van der Waals surface area contributed by atoms with Crippen LogP contribution in [-0.4, -0.2) is 25.4 Å². The van der Waals surface area contributed by atoms with Gasteiger partial charge in [-0.1, -0.05) is 38.5 Å². The first-order valence-corrected chi connectivity index (χ1v) is 9.24. The molecule has 24 heavy (non-hydrogen) atoms. The second-order valence-electron chi connectivity index (χ2n) is 7.04. The van der Waals surface area contributed by atoms with E-state index < -0.39 is 21.9 Å². The minimum Gasteiger partial charge on any atom is -0.481 e. The number of sulfonamides is 1. The third-order valence-electron chi connectivity index (χ3n) is 3.94. The topological polar surface area (TPSA) is 101 Å². The van der Waals surface area contributed by atoms with Gasteiger partial charge in [-0.25, -0.2) is 13.1 Å². The van der Waals surface area contributed by atoms with Crippen LogP contribution in [0.4, 0.5) is 0 Å². The zero-order valence-corrected chi connectivity index (χ0v) is 15.3. The largest absolute Gasteiger partial charge is 0.481 e. The Hall–Kier alpha value is -1.89. The number of nitrogens with one attached hydrogen (secondary N) is 1. The number of carboxylic acids is 1. The van der Waals surface area contributed by atoms with Gasteiger partial charge in [0.05, 0.1) is 4.90 Å². The van der Waals surface area contributed by atoms with Gasteiger partial charge in [0.25, 0.3) is 10.0 Å². The fraction of sp³-hybridized carbons (Fsp3) is 0.529. The third-order valence-corrected chi connectivity index (χ3v) is 5.33. The summed E-state index contributed by atoms with van der Waals surface area (Å²) in [4.78, 5) is 23.0. The highest BCUT2D eigenvalue weighted by atomic mass is 32.2. The van der Waals surface area contributed by atoms with Crippen LogP contribution >= 0.6 is 0 Å². The van der Waals surface area contributed by atoms with Crippen molar-refractivity contribution in [1.29, 1.82) is 0 Å². The first-order valence-electron chi connectivity index (χ1n) is 7.76. The average Bonchev–Trinajstić information content (AvgIpc) is 2.41. The molecule has 0 fully saturated rings. The van der Waals surface area contributed by atoms with Crippen LogP contribution in [0.15, 0.2) is 29.2 Å². The number of amides is 1. The van der Waals surface area contributed by atoms with E-state index >= 15 is 0 Å². The van der Waals surface area contributed by atoms with E-state index in [4.69, 9.17) is 5.11 Å². The van der Waals surface area contributed by atoms with E-state index in [1.807, 2.05) is 27.7 Å². The molecule has 1 aromatic carbocycles. The molecule has 0 radical (unpaired) electrons. The van der Waals surface area contributed by atoms with Crippen LogP contribution in [0.3, 0.4) is 0 Å². The predicted octanol–water partition coefficient (Wildman–Crippen LogP) is 2.72. The van der Waals surface area contributed by atoms with Crippen molar-refractivity contribution in [2.24, 2.45) is 11.3 Å². The monoisotopic (exact) mass is 355 g/mol. The maximum Gasteiger partial charge on any atom is 0.303 e. The van der Waals surface area contributed by atoms with Crippen molar-refractivity contribution in [3.63, 3.8) is 0 Å². The number of benzene rings is 1. The zero-order valence-electron chi connectivity index (χ0n) is 14.5. The van der Waals surface area contributed by atoms with E-state index in [1.165, 1.54) is 12.1 Å². The molecule has 0 saturated heterocycles. The molecule has 2 N–H and O–H groups in total. The quantitative estimate of drug-likeness (QED) is 0.783. The zero-order chi connectivity index (χ0) is 18.5. The van der Waals surface area contributed by atoms with E-state index in [1.54, 1.807) is 12.1 Å². The number of aliphatic carboxylic acids is 1. The molecule has 0 bridgehead atoms. The molecule has 0 saturated carbocycles. The maximum absolute atomic E-state index is 12.2. The molecule has 0 aliphatic rings. The summed E-state index contributed by atoms with van der Waals surface area (Å²) in [5.41, 5.74) is 0.613. The lowest BCUT2D eigenvalue weighted by atomic mass is 9.76. The molecule has 0 aromatic heterocycles. The molecule has 6 nitrogen and oxygen atoms in total. The van der Waals surface area contributed by atoms with Gasteiger partial charge in [-0.05, 0) is 36.8 Å². The van der Waals surface area contributed by atoms with Gasteiger partial charge in [-0.3, -0.25) is 9.59 Å². The van der Waals surface area contributed by atoms with Gasteiger partial charge in [0.2, 0.25) is 5.91 Å². The number of hydrogen-bond donors (Lipinski definition) is 2. The van der Waals surface area contributed by atoms with Crippen molar-refractivity contribution >= 4 is 21.9 Å². The van der Waals surface area contributed by atoms with Gasteiger partial charge in [0.15, 0.2) is 0 Å². The lowest BCUT2D eigenvalue weighted by Crippen LogP contribution is -2.34. The normalized spacial score (nSPS) is 13.3. The minimum absolute atomic E-state index is 0.0271. The number of hydrogen-bond acceptors (Lipinski definition) is 4. The fourth-order valence-electron chi connectivity index (χ4n) is 2.33. The summed E-state index contributed by atoms with van der Waals surface area (Å²) in [6.07, 6.45) is 0.221. The van der Waals surface area contributed by atoms with Crippen molar-refractivity contribution in [3.8, 4) is 0 Å². The van der Waals surface area contributed by atoms with Crippen LogP contribution in [0.2, 0.25) is 0 Å². The first-order chi connectivity index (χ1) is 10.9. The van der Waals surface area contributed by atoms with Gasteiger partial charge < -0.3 is 5.11 Å². The van der Waals surface area contributed by atoms with E-state index in [-0.39, 0.29) is 29.1 Å². The standard InChI is InChI=1S/C17H25NO5S/c1-12-5-8-14(9-6-12)24(22,23)18-15(19)11-13(17(2,3)4)7-10-16(20)21/h5-6,8-9,13H,7,10-11H2,1-4H3,(H,18,19)(H,20,21). The lowest BCUT2D eigenvalue weighted by molar-refractivity contribution is -0.137. The Labute approximate surface area is 143 Å². The molecule has 1 rings (SSSR count). The van der Waals surface area contributed by atoms with Crippen LogP contribution in [0.5, 0.6) is 0 Å². The van der Waals surface area contributed by atoms with Crippen LogP contribution < -0.4 is 4.72 Å². The van der Waals surface area contributed by atoms with Crippen molar-refractivity contribution < 1.29 is 23.1 Å². The van der Waals surface area contributed by atoms with Gasteiger partial charge in [0.1, 0.15) is 0 Å². The van der Waals surface area contributed by atoms with E-state index in [2.05, 4.69) is 4.72 Å². The maximum atomic E-state index is 12.2. The Morgan fingerprint density at radius 1 is 1.17 bits per heavy atom. The van der Waals surface area contributed by atoms with Crippen molar-refractivity contribution in [3.05, 3.63) is 29.8 Å². The molecule has 1 amide bonds. The van der Waals surface area contributed by atoms with Crippen molar-refractivity contribution in [2.75, 3.05) is 0 Å². The Kier molecular flexibility index (Phi) is 6.54. The summed E-state index contributed by atoms with van der Waals surface area (Å²) in [5, 5.41) is 8.82. The Morgan fingerprint density at radius 2 is 1.71 bits per heavy atom. The van der Waals surface area contributed by atoms with Gasteiger partial charge >= 0.3 is 5.97 Å². The van der Waals surface area contributed by atoms with Crippen molar-refractivity contribution in [2.45, 2.75) is 51.9 Å². The van der Waals surface area contributed by atoms with E-state index in [9.17, 15) is 18.0 Å². The highest BCUT2D eigenvalue weighted by Crippen LogP contribution is 2.32. The van der Waals surface area contributed by atoms with Gasteiger partial charge in [-0.15, -0.1) is 0 Å². The molecule has 0 heterocycles. The average molecular weight is 355 g/mol. The molecule has 0 aliphatic heterocycles. The van der Waals surface area contributed by atoms with Crippen LogP contribution in [0.1, 0.15) is 45.6 Å². The number of carboxylic acid groups (broad SMARTS) is 1. The number of rotatable bonds is 7. The summed E-state index contributed by atoms with van der Waals surface area (Å²) in [7, 11) is -3.91. The van der Waals surface area contributed by atoms with E-state index in [0.29, 0.717) is 6.42 Å². The molecule has 134 valence electrons. The fourth-order valence-corrected chi connectivity index (χ4v) is 3.33. The second-order valence-corrected chi connectivity index (χ2v) is 8.72. The second kappa shape index (κ2) is 7.79. The van der Waals surface area contributed by atoms with Crippen LogP contribution in [0, 0.1) is 18.3 Å². The molecular weight excluding hydrogens is 330 g/mol. The molecule has 0 spiro atoms. The van der Waals surface area contributed by atoms with E-state index in [0.717, 1.165) is 5.56 Å². The van der Waals surface area contributed by atoms with Crippen LogP contribution in [0.25, 0.3) is 0 Å². The van der Waals surface area contributed by atoms with Crippen molar-refractivity contribution in [1.82, 2.24) is 4.72 Å². The van der Waals surface area contributed by atoms with Gasteiger partial charge in [-0.2, -0.15) is 0 Å². The van der Waals surface area contributed by atoms with Gasteiger partial charge in [0, 0.05) is 12.8 Å². The molecule has 0 aliphatic carbocycles. The Bertz CT molecular complexity index is 687. The molecule has 1 aromatic rings. The van der Waals surface area contributed by atoms with Crippen LogP contribution in [-0.2, 0) is 19.6 Å². The summed E-state index contributed by atoms with van der Waals surface area (Å²) in [5.74, 6) is -1.79. The summed E-state index contributed by atoms with van der Waals surface area (Å²) >= 11 is 0. The summed E-state index contributed by atoms with van der Waals surface area (Å²) in [6, 6.07) is 6.20. The lowest BCUT2D eigenvalue weighted by Gasteiger charge is -2.30. The highest BCUT2D eigenvalue weighted by Gasteiger charge is 2.29. The molecule has 1 atom stereocenters. The first kappa shape index (κ1) is 20.2. The third kappa shape index (κ3) is 6.31. The minimum atomic E-state index is -3.91. The Balaban J connectivity index is 2.81. The molecular formula is C17H25NO5S. The molecule has 7 heteroatoms. The highest BCUT2D eigenvalue weighted by molar-refractivity contribution is 7.90. The predicted molar refractivity (Wildman–Crippen MR) is 90.9 cm³/mol. The smallest absolute Gasteiger partial charge is 0.303 e. The SMILES string of the molecule is Cc1ccc(S(=O)(=O)NC(=O)CC(CCC(=O)O)C(C)(C)C)cc1.